The molecule has 0 amide bonds. The Morgan fingerprint density at radius 2 is 0.387 bits per heavy atom. The van der Waals surface area contributed by atoms with Crippen molar-refractivity contribution in [3.63, 3.8) is 0 Å². The van der Waals surface area contributed by atoms with E-state index in [0.29, 0.717) is 0 Å². The molecule has 180 valence electrons. The molecule has 0 bridgehead atoms. The molecule has 0 saturated heterocycles. The Bertz CT molecular complexity index is 327. The molecule has 3 aliphatic carbocycles. The van der Waals surface area contributed by atoms with Crippen LogP contribution in [0.1, 0.15) is 173 Å². The second kappa shape index (κ2) is 17.0. The normalized spacial score (nSPS) is 26.7. The van der Waals surface area contributed by atoms with Crippen LogP contribution in [0.3, 0.4) is 0 Å². The van der Waals surface area contributed by atoms with Gasteiger partial charge in [0.1, 0.15) is 0 Å². The summed E-state index contributed by atoms with van der Waals surface area (Å²) in [6, 6.07) is 0. The van der Waals surface area contributed by atoms with Gasteiger partial charge in [-0.3, -0.25) is 0 Å². The minimum absolute atomic E-state index is 0.729. The maximum atomic E-state index is 1.64. The smallest absolute Gasteiger partial charge is 0.0817 e. The molecule has 0 spiro atoms. The Labute approximate surface area is 201 Å². The highest BCUT2D eigenvalue weighted by molar-refractivity contribution is 6.63. The molecule has 31 heavy (non-hydrogen) atoms. The van der Waals surface area contributed by atoms with Gasteiger partial charge in [0, 0.05) is 0 Å². The van der Waals surface area contributed by atoms with Crippen LogP contribution in [0.2, 0.25) is 14.3 Å². The van der Waals surface area contributed by atoms with E-state index in [1.165, 1.54) is 72.1 Å². The van der Waals surface area contributed by atoms with E-state index in [2.05, 4.69) is 0 Å². The van der Waals surface area contributed by atoms with E-state index in [0.717, 1.165) is 0 Å². The number of hydrogen-bond donors (Lipinski definition) is 0. The average Bonchev–Trinajstić information content (AvgIpc) is 2.81. The van der Waals surface area contributed by atoms with Gasteiger partial charge < -0.3 is 0 Å². The molecule has 3 saturated carbocycles. The highest BCUT2D eigenvalue weighted by Gasteiger charge is 2.40. The third kappa shape index (κ3) is 10.6. The van der Waals surface area contributed by atoms with Gasteiger partial charge in [0.15, 0.2) is 0 Å². The fourth-order valence-corrected chi connectivity index (χ4v) is 13.9. The molecule has 0 aliphatic heterocycles. The van der Waals surface area contributed by atoms with E-state index in [9.17, 15) is 0 Å². The lowest BCUT2D eigenvalue weighted by Crippen LogP contribution is -2.33. The molecule has 0 nitrogen and oxygen atoms in total. The third-order valence-electron chi connectivity index (χ3n) is 9.58. The summed E-state index contributed by atoms with van der Waals surface area (Å²) < 4.78 is 3.62. The van der Waals surface area contributed by atoms with E-state index < -0.39 is 14.1 Å². The van der Waals surface area contributed by atoms with Crippen LogP contribution in [-0.2, 0) is 0 Å². The zero-order valence-corrected chi connectivity index (χ0v) is 22.6. The van der Waals surface area contributed by atoms with Gasteiger partial charge >= 0.3 is 0 Å². The lowest BCUT2D eigenvalue weighted by atomic mass is 9.99. The molecule has 3 aliphatic rings. The molecule has 0 radical (unpaired) electrons. The Hall–Kier alpha value is 0.532. The molecule has 3 rings (SSSR count). The van der Waals surface area contributed by atoms with Crippen molar-refractivity contribution >= 4 is 14.1 Å². The summed E-state index contributed by atoms with van der Waals surface area (Å²) >= 11 is -0.729. The van der Waals surface area contributed by atoms with Crippen molar-refractivity contribution in [3.05, 3.63) is 0 Å². The molecule has 3 fully saturated rings. The number of hydrogen-bond acceptors (Lipinski definition) is 0. The first-order chi connectivity index (χ1) is 15.4. The molecule has 1 heteroatoms. The summed E-state index contributed by atoms with van der Waals surface area (Å²) in [5.74, 6) is 0. The van der Waals surface area contributed by atoms with Gasteiger partial charge in [-0.2, -0.15) is 0 Å². The van der Waals surface area contributed by atoms with Crippen LogP contribution < -0.4 is 0 Å². The predicted molar refractivity (Wildman–Crippen MR) is 142 cm³/mol. The predicted octanol–water partition coefficient (Wildman–Crippen LogP) is 11.2. The maximum Gasteiger partial charge on any atom is 0.272 e. The Balaban J connectivity index is 1.74. The van der Waals surface area contributed by atoms with Gasteiger partial charge in [-0.1, -0.05) is 188 Å². The zero-order chi connectivity index (χ0) is 21.4. The Morgan fingerprint density at radius 1 is 0.226 bits per heavy atom. The average molecular weight is 445 g/mol. The van der Waals surface area contributed by atoms with Crippen molar-refractivity contribution in [2.24, 2.45) is 0 Å². The fraction of sp³-hybridized carbons (Fsp3) is 1.00. The second-order valence-corrected chi connectivity index (χ2v) is 16.0. The molecule has 0 aromatic heterocycles. The van der Waals surface area contributed by atoms with E-state index in [-0.39, 0.29) is 0 Å². The van der Waals surface area contributed by atoms with Crippen molar-refractivity contribution in [2.75, 3.05) is 0 Å². The van der Waals surface area contributed by atoms with Gasteiger partial charge in [0.05, 0.1) is 0 Å². The first-order valence-electron chi connectivity index (χ1n) is 15.4. The lowest BCUT2D eigenvalue weighted by molar-refractivity contribution is 0.452. The summed E-state index contributed by atoms with van der Waals surface area (Å²) in [4.78, 5) is 0. The molecule has 0 aromatic carbocycles. The highest BCUT2D eigenvalue weighted by Crippen LogP contribution is 2.46. The summed E-state index contributed by atoms with van der Waals surface area (Å²) in [6.07, 6.45) is 42.4. The Kier molecular flexibility index (Phi) is 14.4. The van der Waals surface area contributed by atoms with Crippen LogP contribution >= 0.6 is 0 Å². The molecular formula is C30H57Al. The van der Waals surface area contributed by atoms with Gasteiger partial charge in [-0.25, -0.2) is 0 Å². The van der Waals surface area contributed by atoms with E-state index in [4.69, 9.17) is 0 Å². The highest BCUT2D eigenvalue weighted by atomic mass is 27.2. The standard InChI is InChI=1S/3C10H19.Al/c3*1-2-4-6-8-10-9-7-5-3-1;/h3*1H,2-10H2;. The molecule has 0 aromatic rings. The topological polar surface area (TPSA) is 0 Å². The van der Waals surface area contributed by atoms with Gasteiger partial charge in [0.2, 0.25) is 0 Å². The molecule has 0 N–H and O–H groups in total. The minimum atomic E-state index is -0.729. The zero-order valence-electron chi connectivity index (χ0n) is 21.4. The van der Waals surface area contributed by atoms with E-state index >= 15 is 0 Å². The minimum Gasteiger partial charge on any atom is -0.0817 e. The monoisotopic (exact) mass is 444 g/mol. The quantitative estimate of drug-likeness (QED) is 0.380. The van der Waals surface area contributed by atoms with Crippen molar-refractivity contribution in [2.45, 2.75) is 188 Å². The van der Waals surface area contributed by atoms with Crippen LogP contribution in [0.4, 0.5) is 0 Å². The molecule has 0 unspecified atom stereocenters. The van der Waals surface area contributed by atoms with Crippen molar-refractivity contribution < 1.29 is 0 Å². The van der Waals surface area contributed by atoms with Gasteiger partial charge in [-0.05, 0) is 0 Å². The summed E-state index contributed by atoms with van der Waals surface area (Å²) in [6.45, 7) is 0. The SMILES string of the molecule is C1CCCC[CH]([Al]([CH]2CCCCCCCCC2)[CH]2CCCCCCCCC2)CCCC1. The molecule has 0 heterocycles. The summed E-state index contributed by atoms with van der Waals surface area (Å²) in [7, 11) is 0. The molecule has 0 atom stereocenters. The largest absolute Gasteiger partial charge is 0.272 e. The first kappa shape index (κ1) is 26.1. The van der Waals surface area contributed by atoms with Crippen molar-refractivity contribution in [1.29, 1.82) is 0 Å². The Morgan fingerprint density at radius 3 is 0.581 bits per heavy atom. The van der Waals surface area contributed by atoms with Crippen LogP contribution in [0.15, 0.2) is 0 Å². The van der Waals surface area contributed by atoms with Crippen LogP contribution in [0.5, 0.6) is 0 Å². The van der Waals surface area contributed by atoms with Crippen LogP contribution in [-0.4, -0.2) is 14.1 Å². The van der Waals surface area contributed by atoms with Crippen molar-refractivity contribution in [3.8, 4) is 0 Å². The fourth-order valence-electron chi connectivity index (χ4n) is 7.83. The van der Waals surface area contributed by atoms with E-state index in [1.807, 2.05) is 0 Å². The van der Waals surface area contributed by atoms with Crippen LogP contribution in [0.25, 0.3) is 0 Å². The second-order valence-electron chi connectivity index (χ2n) is 12.0. The van der Waals surface area contributed by atoms with Gasteiger partial charge in [-0.15, -0.1) is 0 Å². The first-order valence-corrected chi connectivity index (χ1v) is 17.4. The number of rotatable bonds is 3. The third-order valence-corrected chi connectivity index (χ3v) is 14.8. The van der Waals surface area contributed by atoms with Gasteiger partial charge in [0.25, 0.3) is 14.1 Å². The van der Waals surface area contributed by atoms with E-state index in [1.54, 1.807) is 116 Å². The maximum absolute atomic E-state index is 1.64. The summed E-state index contributed by atoms with van der Waals surface area (Å²) in [5.41, 5.74) is 0. The van der Waals surface area contributed by atoms with Crippen molar-refractivity contribution in [1.82, 2.24) is 0 Å². The molecular weight excluding hydrogens is 387 g/mol. The lowest BCUT2D eigenvalue weighted by Gasteiger charge is -2.37. The van der Waals surface area contributed by atoms with Crippen LogP contribution in [0, 0.1) is 0 Å². The summed E-state index contributed by atoms with van der Waals surface area (Å²) in [5, 5.41) is 0.